The van der Waals surface area contributed by atoms with E-state index < -0.39 is 0 Å². The van der Waals surface area contributed by atoms with E-state index in [2.05, 4.69) is 35.7 Å². The van der Waals surface area contributed by atoms with Crippen LogP contribution in [-0.2, 0) is 11.2 Å². The third-order valence-corrected chi connectivity index (χ3v) is 3.93. The normalized spacial score (nSPS) is 28.2. The summed E-state index contributed by atoms with van der Waals surface area (Å²) in [6.45, 7) is 6.71. The van der Waals surface area contributed by atoms with Crippen LogP contribution in [0.1, 0.15) is 23.7 Å². The lowest BCUT2D eigenvalue weighted by Gasteiger charge is -2.44. The first kappa shape index (κ1) is 11.0. The van der Waals surface area contributed by atoms with Crippen molar-refractivity contribution in [1.82, 2.24) is 4.90 Å². The van der Waals surface area contributed by atoms with E-state index in [4.69, 9.17) is 4.74 Å². The van der Waals surface area contributed by atoms with Crippen molar-refractivity contribution in [1.29, 1.82) is 0 Å². The highest BCUT2D eigenvalue weighted by atomic mass is 16.5. The van der Waals surface area contributed by atoms with E-state index in [1.54, 1.807) is 0 Å². The third-order valence-electron chi connectivity index (χ3n) is 3.93. The van der Waals surface area contributed by atoms with E-state index in [1.165, 1.54) is 24.0 Å². The number of hydrogen-bond donors (Lipinski definition) is 0. The van der Waals surface area contributed by atoms with E-state index in [0.717, 1.165) is 19.7 Å². The summed E-state index contributed by atoms with van der Waals surface area (Å²) in [5.74, 6) is 0. The van der Waals surface area contributed by atoms with Crippen molar-refractivity contribution in [2.45, 2.75) is 25.0 Å². The number of hydrogen-bond acceptors (Lipinski definition) is 2. The molecule has 0 bridgehead atoms. The Morgan fingerprint density at radius 1 is 1.41 bits per heavy atom. The Morgan fingerprint density at radius 2 is 2.29 bits per heavy atom. The molecule has 2 aliphatic rings. The average Bonchev–Trinajstić information content (AvgIpc) is 2.39. The van der Waals surface area contributed by atoms with Crippen molar-refractivity contribution >= 4 is 0 Å². The van der Waals surface area contributed by atoms with Gasteiger partial charge >= 0.3 is 0 Å². The molecular weight excluding hydrogens is 210 g/mol. The van der Waals surface area contributed by atoms with Crippen molar-refractivity contribution in [3.63, 3.8) is 0 Å². The molecule has 1 aliphatic carbocycles. The molecule has 2 nitrogen and oxygen atoms in total. The van der Waals surface area contributed by atoms with Crippen LogP contribution in [0, 0.1) is 0 Å². The molecule has 0 saturated carbocycles. The van der Waals surface area contributed by atoms with Crippen LogP contribution in [0.3, 0.4) is 0 Å². The summed E-state index contributed by atoms with van der Waals surface area (Å²) in [5.41, 5.74) is 2.87. The Bertz CT molecular complexity index is 415. The van der Waals surface area contributed by atoms with Crippen LogP contribution in [0.4, 0.5) is 0 Å². The van der Waals surface area contributed by atoms with Crippen LogP contribution < -0.4 is 0 Å². The molecule has 1 saturated heterocycles. The van der Waals surface area contributed by atoms with Gasteiger partial charge in [-0.1, -0.05) is 30.3 Å². The smallest absolute Gasteiger partial charge is 0.0983 e. The fourth-order valence-corrected chi connectivity index (χ4v) is 3.13. The fourth-order valence-electron chi connectivity index (χ4n) is 3.13. The Kier molecular flexibility index (Phi) is 3.00. The van der Waals surface area contributed by atoms with Crippen LogP contribution in [-0.4, -0.2) is 30.6 Å². The first-order valence-electron chi connectivity index (χ1n) is 6.44. The predicted molar refractivity (Wildman–Crippen MR) is 69.0 cm³/mol. The lowest BCUT2D eigenvalue weighted by molar-refractivity contribution is -0.0761. The van der Waals surface area contributed by atoms with Gasteiger partial charge < -0.3 is 4.74 Å². The van der Waals surface area contributed by atoms with Crippen molar-refractivity contribution in [3.8, 4) is 0 Å². The lowest BCUT2D eigenvalue weighted by Crippen LogP contribution is -2.49. The molecule has 0 spiro atoms. The van der Waals surface area contributed by atoms with E-state index in [0.29, 0.717) is 6.04 Å². The molecule has 1 heterocycles. The lowest BCUT2D eigenvalue weighted by atomic mass is 9.84. The number of rotatable bonds is 2. The van der Waals surface area contributed by atoms with Crippen LogP contribution in [0.25, 0.3) is 0 Å². The largest absolute Gasteiger partial charge is 0.371 e. The summed E-state index contributed by atoms with van der Waals surface area (Å²) in [7, 11) is 0. The Morgan fingerprint density at radius 3 is 3.18 bits per heavy atom. The van der Waals surface area contributed by atoms with Gasteiger partial charge in [0.15, 0.2) is 0 Å². The first-order chi connectivity index (χ1) is 8.40. The number of benzene rings is 1. The molecule has 1 aliphatic heterocycles. The molecule has 0 N–H and O–H groups in total. The molecule has 0 radical (unpaired) electrons. The topological polar surface area (TPSA) is 12.5 Å². The third kappa shape index (κ3) is 1.92. The number of aryl methyl sites for hydroxylation is 1. The molecule has 0 aromatic heterocycles. The van der Waals surface area contributed by atoms with Gasteiger partial charge in [-0.25, -0.2) is 0 Å². The molecule has 2 atom stereocenters. The average molecular weight is 229 g/mol. The standard InChI is InChI=1S/C15H19NO/c1-2-9-16-10-11-17-15-13-6-4-3-5-12(13)7-8-14(15)16/h2-6,14-15H,1,7-11H2/t14-,15-/m1/s1. The van der Waals surface area contributed by atoms with Crippen molar-refractivity contribution in [2.75, 3.05) is 19.7 Å². The van der Waals surface area contributed by atoms with Gasteiger partial charge in [0.25, 0.3) is 0 Å². The highest BCUT2D eigenvalue weighted by Crippen LogP contribution is 2.37. The number of nitrogens with zero attached hydrogens (tertiary/aromatic N) is 1. The highest BCUT2D eigenvalue weighted by Gasteiger charge is 2.36. The van der Waals surface area contributed by atoms with E-state index in [1.807, 2.05) is 6.08 Å². The minimum absolute atomic E-state index is 0.272. The molecule has 17 heavy (non-hydrogen) atoms. The number of morpholine rings is 1. The quantitative estimate of drug-likeness (QED) is 0.723. The van der Waals surface area contributed by atoms with E-state index in [9.17, 15) is 0 Å². The molecular formula is C15H19NO. The van der Waals surface area contributed by atoms with E-state index in [-0.39, 0.29) is 6.10 Å². The second kappa shape index (κ2) is 4.63. The van der Waals surface area contributed by atoms with Gasteiger partial charge in [0, 0.05) is 19.1 Å². The van der Waals surface area contributed by atoms with Gasteiger partial charge in [-0.15, -0.1) is 6.58 Å². The van der Waals surface area contributed by atoms with Gasteiger partial charge in [-0.05, 0) is 24.0 Å². The SMILES string of the molecule is C=CCN1CCO[C@@H]2c3ccccc3CC[C@H]21. The Labute approximate surface area is 103 Å². The second-order valence-corrected chi connectivity index (χ2v) is 4.88. The minimum Gasteiger partial charge on any atom is -0.371 e. The van der Waals surface area contributed by atoms with Crippen molar-refractivity contribution in [2.24, 2.45) is 0 Å². The van der Waals surface area contributed by atoms with Crippen LogP contribution in [0.5, 0.6) is 0 Å². The van der Waals surface area contributed by atoms with Crippen molar-refractivity contribution in [3.05, 3.63) is 48.0 Å². The Hall–Kier alpha value is -1.12. The van der Waals surface area contributed by atoms with Crippen LogP contribution in [0.2, 0.25) is 0 Å². The summed E-state index contributed by atoms with van der Waals surface area (Å²) in [4.78, 5) is 2.51. The number of fused-ring (bicyclic) bond motifs is 3. The maximum atomic E-state index is 6.01. The predicted octanol–water partition coefficient (Wildman–Crippen LogP) is 2.56. The first-order valence-corrected chi connectivity index (χ1v) is 6.44. The zero-order valence-electron chi connectivity index (χ0n) is 10.1. The zero-order chi connectivity index (χ0) is 11.7. The molecule has 0 amide bonds. The summed E-state index contributed by atoms with van der Waals surface area (Å²) in [6, 6.07) is 9.25. The molecule has 1 aromatic carbocycles. The summed E-state index contributed by atoms with van der Waals surface area (Å²) < 4.78 is 6.01. The fraction of sp³-hybridized carbons (Fsp3) is 0.467. The van der Waals surface area contributed by atoms with Gasteiger partial charge in [-0.3, -0.25) is 4.90 Å². The minimum atomic E-state index is 0.272. The van der Waals surface area contributed by atoms with E-state index >= 15 is 0 Å². The van der Waals surface area contributed by atoms with Crippen molar-refractivity contribution < 1.29 is 4.74 Å². The molecule has 90 valence electrons. The Balaban J connectivity index is 1.90. The molecule has 1 aromatic rings. The maximum Gasteiger partial charge on any atom is 0.0983 e. The summed E-state index contributed by atoms with van der Waals surface area (Å²) >= 11 is 0. The molecule has 2 heteroatoms. The van der Waals surface area contributed by atoms with Gasteiger partial charge in [0.2, 0.25) is 0 Å². The summed E-state index contributed by atoms with van der Waals surface area (Å²) in [6.07, 6.45) is 4.65. The molecule has 1 fully saturated rings. The molecule has 3 rings (SSSR count). The van der Waals surface area contributed by atoms with Gasteiger partial charge in [0.1, 0.15) is 0 Å². The molecule has 0 unspecified atom stereocenters. The second-order valence-electron chi connectivity index (χ2n) is 4.88. The van der Waals surface area contributed by atoms with Crippen LogP contribution in [0.15, 0.2) is 36.9 Å². The maximum absolute atomic E-state index is 6.01. The number of ether oxygens (including phenoxy) is 1. The summed E-state index contributed by atoms with van der Waals surface area (Å²) in [5, 5.41) is 0. The monoisotopic (exact) mass is 229 g/mol. The highest BCUT2D eigenvalue weighted by molar-refractivity contribution is 5.33. The zero-order valence-corrected chi connectivity index (χ0v) is 10.1. The van der Waals surface area contributed by atoms with Crippen LogP contribution >= 0.6 is 0 Å². The van der Waals surface area contributed by atoms with Gasteiger partial charge in [-0.2, -0.15) is 0 Å². The van der Waals surface area contributed by atoms with Gasteiger partial charge in [0.05, 0.1) is 12.7 Å².